The molecular formula is C59H81N8O24P3S4. The summed E-state index contributed by atoms with van der Waals surface area (Å²) < 4.78 is 164. The Balaban J connectivity index is 0.000000231. The van der Waals surface area contributed by atoms with Crippen LogP contribution in [0.3, 0.4) is 0 Å². The fourth-order valence-corrected chi connectivity index (χ4v) is 21.1. The predicted molar refractivity (Wildman–Crippen MR) is 359 cm³/mol. The lowest BCUT2D eigenvalue weighted by molar-refractivity contribution is 0.000324. The van der Waals surface area contributed by atoms with E-state index >= 15 is 0 Å². The number of rotatable bonds is 22. The third-order valence-electron chi connectivity index (χ3n) is 17.3. The first-order chi connectivity index (χ1) is 45.7. The highest BCUT2D eigenvalue weighted by Gasteiger charge is 2.39. The number of benzene rings is 5. The Morgan fingerprint density at radius 2 is 0.684 bits per heavy atom. The summed E-state index contributed by atoms with van der Waals surface area (Å²) in [6.07, 6.45) is 3.50. The summed E-state index contributed by atoms with van der Waals surface area (Å²) in [5.41, 5.74) is 2.96. The number of piperidine rings is 4. The Bertz CT molecular complexity index is 4270. The summed E-state index contributed by atoms with van der Waals surface area (Å²) in [5.74, 6) is 1.02. The molecule has 0 aromatic heterocycles. The van der Waals surface area contributed by atoms with E-state index in [1.165, 1.54) is 90.0 Å². The number of nitrogens with one attached hydrogen (secondary N) is 1. The van der Waals surface area contributed by atoms with E-state index in [1.54, 1.807) is 0 Å². The van der Waals surface area contributed by atoms with Crippen molar-refractivity contribution in [2.24, 2.45) is 62.8 Å². The fourth-order valence-electron chi connectivity index (χ4n) is 13.7. The first-order valence-electron chi connectivity index (χ1n) is 31.2. The van der Waals surface area contributed by atoms with Crippen molar-refractivity contribution < 1.29 is 105 Å². The average molecular weight is 1510 g/mol. The van der Waals surface area contributed by atoms with Crippen LogP contribution in [0.5, 0.6) is 0 Å². The average Bonchev–Trinajstić information content (AvgIpc) is 0.742. The largest absolute Gasteiger partial charge is 0.472 e. The van der Waals surface area contributed by atoms with Crippen LogP contribution in [0.15, 0.2) is 108 Å². The minimum absolute atomic E-state index is 0.00180. The van der Waals surface area contributed by atoms with E-state index < -0.39 is 83.9 Å². The van der Waals surface area contributed by atoms with Crippen molar-refractivity contribution in [3.8, 4) is 0 Å². The molecule has 0 saturated carbocycles. The van der Waals surface area contributed by atoms with Crippen LogP contribution in [-0.4, -0.2) is 164 Å². The van der Waals surface area contributed by atoms with Crippen LogP contribution in [0, 0.1) is 52.3 Å². The SMILES string of the molecule is C[C@@H]1C[C@H](C)CN(S(=O)(=O)c2ccc3c(NOCOP(=O)(O)O)c4ccc(S(=O)(=O)N5C[C@H](C)C[C@H](C)C5)cc4c(N=O)c3c2)C1.C[C@@H]1C[C@H](C)CN(S(=O)(=O)c2ccc3c(c2)C(=NOCOP(=O)(O)O)c2cc(S(=O)(=O)N4C[C@H](C)C[C@H](C)C4)ccc2C3=NOCOP(=O)(O)O)C1. The molecule has 5 aromatic rings. The second-order valence-electron chi connectivity index (χ2n) is 26.3. The summed E-state index contributed by atoms with van der Waals surface area (Å²) in [4.78, 5) is 82.1. The maximum Gasteiger partial charge on any atom is 0.472 e. The van der Waals surface area contributed by atoms with Gasteiger partial charge in [-0.25, -0.2) is 61.3 Å². The van der Waals surface area contributed by atoms with Crippen molar-refractivity contribution in [3.63, 3.8) is 0 Å². The zero-order valence-corrected chi connectivity index (χ0v) is 60.7. The minimum atomic E-state index is -4.98. The number of phosphoric acid groups is 3. The molecule has 7 N–H and O–H groups in total. The Kier molecular flexibility index (Phi) is 23.9. The van der Waals surface area contributed by atoms with Crippen molar-refractivity contribution in [2.45, 2.75) is 101 Å². The monoisotopic (exact) mass is 1510 g/mol. The van der Waals surface area contributed by atoms with Gasteiger partial charge in [0.2, 0.25) is 53.7 Å². The predicted octanol–water partition coefficient (Wildman–Crippen LogP) is 8.14. The molecule has 8 atom stereocenters. The smallest absolute Gasteiger partial charge is 0.366 e. The van der Waals surface area contributed by atoms with Crippen molar-refractivity contribution in [2.75, 3.05) is 78.2 Å². The van der Waals surface area contributed by atoms with Crippen molar-refractivity contribution in [3.05, 3.63) is 100.0 Å². The Labute approximate surface area is 568 Å². The molecule has 0 unspecified atom stereocenters. The lowest BCUT2D eigenvalue weighted by Crippen LogP contribution is -2.42. The Morgan fingerprint density at radius 1 is 0.408 bits per heavy atom. The van der Waals surface area contributed by atoms with Crippen LogP contribution in [0.1, 0.15) is 103 Å². The lowest BCUT2D eigenvalue weighted by atomic mass is 9.83. The van der Waals surface area contributed by atoms with Gasteiger partial charge < -0.3 is 39.0 Å². The van der Waals surface area contributed by atoms with Gasteiger partial charge >= 0.3 is 23.5 Å². The molecule has 4 saturated heterocycles. The second-order valence-corrected chi connectivity index (χ2v) is 37.8. The van der Waals surface area contributed by atoms with Gasteiger partial charge in [-0.2, -0.15) is 17.2 Å². The molecule has 5 aromatic carbocycles. The van der Waals surface area contributed by atoms with Crippen LogP contribution >= 0.6 is 23.5 Å². The van der Waals surface area contributed by atoms with Gasteiger partial charge in [-0.1, -0.05) is 90.0 Å². The lowest BCUT2D eigenvalue weighted by Gasteiger charge is -2.34. The molecule has 0 amide bonds. The van der Waals surface area contributed by atoms with Gasteiger partial charge in [0.15, 0.2) is 6.79 Å². The molecule has 5 aliphatic rings. The molecule has 4 heterocycles. The molecule has 1 aliphatic carbocycles. The van der Waals surface area contributed by atoms with Gasteiger partial charge in [0.1, 0.15) is 17.1 Å². The van der Waals surface area contributed by atoms with Crippen LogP contribution < -0.4 is 5.48 Å². The standard InChI is InChI=1S/C30H42N4O14P2S2.C29H39N4O10PS2/c1-19-9-20(2)14-33(13-19)51(41,42)23-5-7-25-27(11-23)30(32-46-18-48-50(38,39)40)28-12-24(52(43,44)34-15-21(3)10-22(4)16-34)6-8-26(28)29(25)31-45-17-47-49(35,36)37;1-18-9-19(2)14-32(13-18)45(38,39)22-5-7-24-26(11-22)28(30-34)27-12-23(46(40,41)33-15-20(3)10-21(4)16-33)6-8-25(27)29(24)31-42-17-43-44(35,36)37/h5-8,11-12,19-22H,9-10,13-18H2,1-4H3,(H2,35,36,37)(H2,38,39,40);5-8,11-12,18-21,31H,9-10,13-17H2,1-4H3,(H2,35,36,37)/t19-,20+,21-,22+;18-,19+,20-,21+. The Hall–Kier alpha value is -5.11. The van der Waals surface area contributed by atoms with Crippen LogP contribution in [-0.2, 0) is 81.9 Å². The van der Waals surface area contributed by atoms with E-state index in [1.807, 2.05) is 55.4 Å². The molecule has 4 fully saturated rings. The van der Waals surface area contributed by atoms with E-state index in [9.17, 15) is 52.3 Å². The van der Waals surface area contributed by atoms with Gasteiger partial charge in [0.05, 0.1) is 25.3 Å². The summed E-state index contributed by atoms with van der Waals surface area (Å²) >= 11 is 0. The molecule has 39 heteroatoms. The molecule has 32 nitrogen and oxygen atoms in total. The molecule has 98 heavy (non-hydrogen) atoms. The molecule has 10 rings (SSSR count). The molecule has 0 spiro atoms. The highest BCUT2D eigenvalue weighted by Crippen LogP contribution is 2.46. The van der Waals surface area contributed by atoms with Gasteiger partial charge in [0, 0.05) is 96.2 Å². The third kappa shape index (κ3) is 18.2. The van der Waals surface area contributed by atoms with Crippen LogP contribution in [0.25, 0.3) is 21.5 Å². The molecular weight excluding hydrogens is 1430 g/mol. The number of anilines is 1. The van der Waals surface area contributed by atoms with E-state index in [4.69, 9.17) is 43.9 Å². The fraction of sp³-hybridized carbons (Fsp3) is 0.525. The van der Waals surface area contributed by atoms with E-state index in [2.05, 4.69) is 34.5 Å². The molecule has 540 valence electrons. The number of oxime groups is 2. The number of sulfonamides is 4. The zero-order valence-electron chi connectivity index (χ0n) is 54.8. The summed E-state index contributed by atoms with van der Waals surface area (Å²) in [5, 5.41) is 12.2. The topological polar surface area (TPSA) is 444 Å². The van der Waals surface area contributed by atoms with E-state index in [0.717, 1.165) is 25.7 Å². The van der Waals surface area contributed by atoms with Crippen LogP contribution in [0.2, 0.25) is 0 Å². The zero-order chi connectivity index (χ0) is 71.8. The van der Waals surface area contributed by atoms with Crippen molar-refractivity contribution >= 4 is 108 Å². The van der Waals surface area contributed by atoms with Crippen molar-refractivity contribution in [1.29, 1.82) is 0 Å². The number of fused-ring (bicyclic) bond motifs is 4. The first-order valence-corrected chi connectivity index (χ1v) is 41.6. The maximum absolute atomic E-state index is 14.0. The summed E-state index contributed by atoms with van der Waals surface area (Å²) in [6, 6.07) is 16.5. The number of nitrogens with zero attached hydrogens (tertiary/aromatic N) is 7. The third-order valence-corrected chi connectivity index (χ3v) is 26.0. The second kappa shape index (κ2) is 30.5. The minimum Gasteiger partial charge on any atom is -0.366 e. The molecule has 0 radical (unpaired) electrons. The van der Waals surface area contributed by atoms with Crippen molar-refractivity contribution in [1.82, 2.24) is 17.2 Å². The van der Waals surface area contributed by atoms with E-state index in [-0.39, 0.29) is 149 Å². The maximum atomic E-state index is 14.0. The summed E-state index contributed by atoms with van der Waals surface area (Å²) in [6.45, 7) is 15.4. The number of hydrogen-bond acceptors (Lipinski definition) is 22. The van der Waals surface area contributed by atoms with Gasteiger partial charge in [-0.15, -0.1) is 4.91 Å². The quantitative estimate of drug-likeness (QED) is 0.00841. The number of hydrogen-bond donors (Lipinski definition) is 7. The first kappa shape index (κ1) is 77.1. The molecule has 0 bridgehead atoms. The Morgan fingerprint density at radius 3 is 0.980 bits per heavy atom. The number of nitroso groups, excluding NO2 is 1. The van der Waals surface area contributed by atoms with Crippen LogP contribution in [0.4, 0.5) is 11.4 Å². The highest BCUT2D eigenvalue weighted by molar-refractivity contribution is 7.90. The van der Waals surface area contributed by atoms with Gasteiger partial charge in [0.25, 0.3) is 0 Å². The normalized spacial score (nSPS) is 23.7. The molecule has 4 aliphatic heterocycles. The highest BCUT2D eigenvalue weighted by atomic mass is 32.2. The van der Waals surface area contributed by atoms with Gasteiger partial charge in [-0.05, 0) is 127 Å². The summed E-state index contributed by atoms with van der Waals surface area (Å²) in [7, 11) is -30.9. The van der Waals surface area contributed by atoms with E-state index in [0.29, 0.717) is 37.0 Å². The van der Waals surface area contributed by atoms with Gasteiger partial charge in [-0.3, -0.25) is 10.0 Å². The number of phosphoric ester groups is 3.